The van der Waals surface area contributed by atoms with Crippen molar-refractivity contribution in [1.82, 2.24) is 20.3 Å². The van der Waals surface area contributed by atoms with Gasteiger partial charge in [-0.3, -0.25) is 9.59 Å². The van der Waals surface area contributed by atoms with E-state index in [2.05, 4.69) is 20.9 Å². The maximum Gasteiger partial charge on any atom is 0.275 e. The molecule has 2 amide bonds. The van der Waals surface area contributed by atoms with Crippen molar-refractivity contribution >= 4 is 23.3 Å². The Morgan fingerprint density at radius 1 is 1.14 bits per heavy atom. The van der Waals surface area contributed by atoms with Gasteiger partial charge in [-0.15, -0.1) is 5.10 Å². The summed E-state index contributed by atoms with van der Waals surface area (Å²) in [5.74, 6) is -0.289. The molecule has 3 aromatic rings. The standard InChI is InChI=1S/C20H22N6O3/c1-13-7-9-14(10-8-13)11-22-20(28)18-19(21)26(25-24-18)12-17(27)23-15-5-3-4-6-16(15)29-2/h3-10H,11-12,21H2,1-2H3,(H,22,28)(H,23,27). The van der Waals surface area contributed by atoms with Crippen molar-refractivity contribution in [1.29, 1.82) is 0 Å². The highest BCUT2D eigenvalue weighted by Crippen LogP contribution is 2.23. The molecule has 0 aliphatic carbocycles. The molecule has 29 heavy (non-hydrogen) atoms. The molecule has 0 bridgehead atoms. The molecule has 1 heterocycles. The molecule has 0 saturated heterocycles. The van der Waals surface area contributed by atoms with E-state index in [0.717, 1.165) is 11.1 Å². The second-order valence-electron chi connectivity index (χ2n) is 6.40. The van der Waals surface area contributed by atoms with E-state index in [-0.39, 0.29) is 24.0 Å². The van der Waals surface area contributed by atoms with Crippen molar-refractivity contribution in [2.24, 2.45) is 0 Å². The number of nitrogens with zero attached hydrogens (tertiary/aromatic N) is 3. The lowest BCUT2D eigenvalue weighted by molar-refractivity contribution is -0.116. The number of aryl methyl sites for hydroxylation is 1. The van der Waals surface area contributed by atoms with Crippen LogP contribution in [0, 0.1) is 6.92 Å². The summed E-state index contributed by atoms with van der Waals surface area (Å²) in [5, 5.41) is 13.1. The van der Waals surface area contributed by atoms with Gasteiger partial charge in [-0.1, -0.05) is 47.2 Å². The van der Waals surface area contributed by atoms with Gasteiger partial charge in [0.05, 0.1) is 12.8 Å². The number of benzene rings is 2. The summed E-state index contributed by atoms with van der Waals surface area (Å²) in [6.07, 6.45) is 0. The summed E-state index contributed by atoms with van der Waals surface area (Å²) in [6.45, 7) is 2.13. The highest BCUT2D eigenvalue weighted by Gasteiger charge is 2.19. The lowest BCUT2D eigenvalue weighted by Crippen LogP contribution is -2.25. The van der Waals surface area contributed by atoms with Crippen molar-refractivity contribution in [2.45, 2.75) is 20.0 Å². The summed E-state index contributed by atoms with van der Waals surface area (Å²) in [6, 6.07) is 14.8. The molecule has 0 unspecified atom stereocenters. The Labute approximate surface area is 167 Å². The molecule has 0 radical (unpaired) electrons. The molecule has 4 N–H and O–H groups in total. The highest BCUT2D eigenvalue weighted by molar-refractivity contribution is 5.97. The van der Waals surface area contributed by atoms with Crippen LogP contribution in [0.25, 0.3) is 0 Å². The van der Waals surface area contributed by atoms with Gasteiger partial charge >= 0.3 is 0 Å². The van der Waals surface area contributed by atoms with Gasteiger partial charge in [-0.25, -0.2) is 4.68 Å². The predicted octanol–water partition coefficient (Wildman–Crippen LogP) is 1.75. The maximum absolute atomic E-state index is 12.4. The van der Waals surface area contributed by atoms with Gasteiger partial charge in [0.15, 0.2) is 11.5 Å². The van der Waals surface area contributed by atoms with Crippen molar-refractivity contribution in [3.63, 3.8) is 0 Å². The predicted molar refractivity (Wildman–Crippen MR) is 108 cm³/mol. The normalized spacial score (nSPS) is 10.4. The fourth-order valence-electron chi connectivity index (χ4n) is 2.64. The van der Waals surface area contributed by atoms with Gasteiger partial charge in [0, 0.05) is 6.54 Å². The van der Waals surface area contributed by atoms with Crippen LogP contribution in [0.2, 0.25) is 0 Å². The van der Waals surface area contributed by atoms with Crippen LogP contribution in [0.1, 0.15) is 21.6 Å². The third-order valence-electron chi connectivity index (χ3n) is 4.24. The molecule has 0 aliphatic heterocycles. The molecule has 1 aromatic heterocycles. The Morgan fingerprint density at radius 3 is 2.59 bits per heavy atom. The zero-order valence-corrected chi connectivity index (χ0v) is 16.2. The monoisotopic (exact) mass is 394 g/mol. The van der Waals surface area contributed by atoms with Crippen LogP contribution in [0.3, 0.4) is 0 Å². The Kier molecular flexibility index (Phi) is 6.08. The third kappa shape index (κ3) is 4.89. The number of carbonyl (C=O) groups excluding carboxylic acids is 2. The zero-order chi connectivity index (χ0) is 20.8. The summed E-state index contributed by atoms with van der Waals surface area (Å²) in [4.78, 5) is 24.7. The molecule has 2 aromatic carbocycles. The number of nitrogens with one attached hydrogen (secondary N) is 2. The Morgan fingerprint density at radius 2 is 1.86 bits per heavy atom. The Balaban J connectivity index is 1.61. The van der Waals surface area contributed by atoms with Crippen molar-refractivity contribution < 1.29 is 14.3 Å². The van der Waals surface area contributed by atoms with E-state index in [9.17, 15) is 9.59 Å². The van der Waals surface area contributed by atoms with E-state index < -0.39 is 5.91 Å². The van der Waals surface area contributed by atoms with E-state index in [1.165, 1.54) is 11.8 Å². The van der Waals surface area contributed by atoms with Crippen LogP contribution in [-0.4, -0.2) is 33.9 Å². The molecule has 9 nitrogen and oxygen atoms in total. The first-order valence-electron chi connectivity index (χ1n) is 8.93. The van der Waals surface area contributed by atoms with Crippen LogP contribution in [-0.2, 0) is 17.9 Å². The average molecular weight is 394 g/mol. The SMILES string of the molecule is COc1ccccc1NC(=O)Cn1nnc(C(=O)NCc2ccc(C)cc2)c1N. The summed E-state index contributed by atoms with van der Waals surface area (Å²) < 4.78 is 6.37. The zero-order valence-electron chi connectivity index (χ0n) is 16.2. The minimum absolute atomic E-state index is 0.0154. The summed E-state index contributed by atoms with van der Waals surface area (Å²) in [7, 11) is 1.52. The molecule has 150 valence electrons. The summed E-state index contributed by atoms with van der Waals surface area (Å²) >= 11 is 0. The van der Waals surface area contributed by atoms with Gasteiger partial charge in [0.2, 0.25) is 5.91 Å². The number of amides is 2. The minimum atomic E-state index is -0.459. The van der Waals surface area contributed by atoms with E-state index in [4.69, 9.17) is 10.5 Å². The van der Waals surface area contributed by atoms with E-state index in [1.807, 2.05) is 31.2 Å². The average Bonchev–Trinajstić information content (AvgIpc) is 3.08. The van der Waals surface area contributed by atoms with Crippen LogP contribution in [0.4, 0.5) is 11.5 Å². The first kappa shape index (κ1) is 19.9. The topological polar surface area (TPSA) is 124 Å². The molecule has 3 rings (SSSR count). The van der Waals surface area contributed by atoms with Crippen LogP contribution >= 0.6 is 0 Å². The van der Waals surface area contributed by atoms with Gasteiger partial charge in [0.25, 0.3) is 5.91 Å². The quantitative estimate of drug-likeness (QED) is 0.561. The van der Waals surface area contributed by atoms with Gasteiger partial charge in [-0.05, 0) is 24.6 Å². The molecule has 0 aliphatic rings. The molecule has 0 atom stereocenters. The summed E-state index contributed by atoms with van der Waals surface area (Å²) in [5.41, 5.74) is 8.55. The van der Waals surface area contributed by atoms with Crippen LogP contribution in [0.5, 0.6) is 5.75 Å². The Bertz CT molecular complexity index is 1010. The Hall–Kier alpha value is -3.88. The highest BCUT2D eigenvalue weighted by atomic mass is 16.5. The number of carbonyl (C=O) groups is 2. The van der Waals surface area contributed by atoms with Crippen molar-refractivity contribution in [3.05, 3.63) is 65.4 Å². The second kappa shape index (κ2) is 8.87. The number of rotatable bonds is 7. The first-order valence-corrected chi connectivity index (χ1v) is 8.93. The fourth-order valence-corrected chi connectivity index (χ4v) is 2.64. The van der Waals surface area contributed by atoms with Crippen LogP contribution < -0.4 is 21.1 Å². The number of hydrogen-bond donors (Lipinski definition) is 3. The lowest BCUT2D eigenvalue weighted by atomic mass is 10.1. The number of ether oxygens (including phenoxy) is 1. The van der Waals surface area contributed by atoms with Crippen molar-refractivity contribution in [2.75, 3.05) is 18.2 Å². The smallest absolute Gasteiger partial charge is 0.275 e. The third-order valence-corrected chi connectivity index (χ3v) is 4.24. The number of para-hydroxylation sites is 2. The van der Waals surface area contributed by atoms with Gasteiger partial charge < -0.3 is 21.1 Å². The molecular weight excluding hydrogens is 372 g/mol. The van der Waals surface area contributed by atoms with Crippen molar-refractivity contribution in [3.8, 4) is 5.75 Å². The number of aromatic nitrogens is 3. The van der Waals surface area contributed by atoms with Gasteiger partial charge in [0.1, 0.15) is 12.3 Å². The number of anilines is 2. The van der Waals surface area contributed by atoms with E-state index >= 15 is 0 Å². The van der Waals surface area contributed by atoms with Gasteiger partial charge in [-0.2, -0.15) is 0 Å². The van der Waals surface area contributed by atoms with Crippen LogP contribution in [0.15, 0.2) is 48.5 Å². The number of hydrogen-bond acceptors (Lipinski definition) is 6. The molecule has 0 fully saturated rings. The van der Waals surface area contributed by atoms with E-state index in [0.29, 0.717) is 18.0 Å². The fraction of sp³-hybridized carbons (Fsp3) is 0.200. The number of nitrogens with two attached hydrogens (primary N) is 1. The molecule has 9 heteroatoms. The van der Waals surface area contributed by atoms with E-state index in [1.54, 1.807) is 24.3 Å². The largest absolute Gasteiger partial charge is 0.495 e. The molecule has 0 spiro atoms. The number of nitrogen functional groups attached to an aromatic ring is 1. The minimum Gasteiger partial charge on any atom is -0.495 e. The second-order valence-corrected chi connectivity index (χ2v) is 6.40. The maximum atomic E-state index is 12.4. The molecular formula is C20H22N6O3. The lowest BCUT2D eigenvalue weighted by Gasteiger charge is -2.10. The molecule has 0 saturated carbocycles. The number of methoxy groups -OCH3 is 1. The first-order chi connectivity index (χ1) is 14.0.